The van der Waals surface area contributed by atoms with Gasteiger partial charge in [-0.05, 0) is 118 Å². The Kier molecular flexibility index (Phi) is 5.20. The summed E-state index contributed by atoms with van der Waals surface area (Å²) in [4.78, 5) is 9.19. The van der Waals surface area contributed by atoms with Crippen LogP contribution >= 0.6 is 45.2 Å². The molecule has 2 aromatic rings. The number of hydrogen-bond acceptors (Lipinski definition) is 2. The van der Waals surface area contributed by atoms with E-state index in [-0.39, 0.29) is 0 Å². The van der Waals surface area contributed by atoms with Crippen molar-refractivity contribution < 1.29 is 0 Å². The predicted molar refractivity (Wildman–Crippen MR) is 111 cm³/mol. The molecule has 0 amide bonds. The van der Waals surface area contributed by atoms with Crippen LogP contribution in [0.5, 0.6) is 0 Å². The van der Waals surface area contributed by atoms with Crippen LogP contribution in [0.4, 0.5) is 11.4 Å². The maximum absolute atomic E-state index is 4.60. The molecule has 1 aliphatic carbocycles. The highest BCUT2D eigenvalue weighted by molar-refractivity contribution is 14.1. The highest BCUT2D eigenvalue weighted by atomic mass is 127. The lowest BCUT2D eigenvalue weighted by Gasteiger charge is -2.03. The summed E-state index contributed by atoms with van der Waals surface area (Å²) in [5, 5.41) is 0. The maximum atomic E-state index is 4.60. The van der Waals surface area contributed by atoms with E-state index < -0.39 is 0 Å². The third kappa shape index (κ3) is 4.36. The number of rotatable bonds is 2. The number of nitrogens with zero attached hydrogens (tertiary/aromatic N) is 2. The van der Waals surface area contributed by atoms with Crippen LogP contribution in [0.25, 0.3) is 0 Å². The second-order valence-corrected chi connectivity index (χ2v) is 7.18. The van der Waals surface area contributed by atoms with E-state index in [1.54, 1.807) is 0 Å². The van der Waals surface area contributed by atoms with Crippen molar-refractivity contribution >= 4 is 68.0 Å². The molecule has 0 radical (unpaired) electrons. The smallest absolute Gasteiger partial charge is 0.0638 e. The zero-order chi connectivity index (χ0) is 15.4. The monoisotopic (exact) mass is 510 g/mol. The van der Waals surface area contributed by atoms with Gasteiger partial charge in [0, 0.05) is 7.14 Å². The minimum Gasteiger partial charge on any atom is -0.249 e. The highest BCUT2D eigenvalue weighted by Gasteiger charge is 2.00. The van der Waals surface area contributed by atoms with Gasteiger partial charge < -0.3 is 0 Å². The molecule has 0 aliphatic heterocycles. The van der Waals surface area contributed by atoms with Crippen molar-refractivity contribution in [1.29, 1.82) is 0 Å². The molecule has 4 heteroatoms. The fraction of sp³-hybridized carbons (Fsp3) is 0. The quantitative estimate of drug-likeness (QED) is 0.357. The van der Waals surface area contributed by atoms with E-state index in [0.29, 0.717) is 0 Å². The van der Waals surface area contributed by atoms with Crippen LogP contribution < -0.4 is 0 Å². The van der Waals surface area contributed by atoms with Crippen molar-refractivity contribution in [2.45, 2.75) is 0 Å². The average Bonchev–Trinajstić information content (AvgIpc) is 2.54. The fourth-order valence-electron chi connectivity index (χ4n) is 1.93. The average molecular weight is 510 g/mol. The Morgan fingerprint density at radius 2 is 0.818 bits per heavy atom. The van der Waals surface area contributed by atoms with E-state index in [2.05, 4.69) is 79.4 Å². The Hall–Kier alpha value is -1.28. The lowest BCUT2D eigenvalue weighted by molar-refractivity contribution is 1.49. The summed E-state index contributed by atoms with van der Waals surface area (Å²) in [6, 6.07) is 16.3. The van der Waals surface area contributed by atoms with Crippen LogP contribution in [0.2, 0.25) is 0 Å². The van der Waals surface area contributed by atoms with Gasteiger partial charge in [0.1, 0.15) is 0 Å². The normalized spacial score (nSPS) is 13.4. The molecule has 2 nitrogen and oxygen atoms in total. The van der Waals surface area contributed by atoms with E-state index >= 15 is 0 Å². The third-order valence-corrected chi connectivity index (χ3v) is 4.46. The molecule has 0 saturated carbocycles. The first-order valence-electron chi connectivity index (χ1n) is 6.74. The Labute approximate surface area is 157 Å². The first kappa shape index (κ1) is 15.6. The molecule has 0 saturated heterocycles. The van der Waals surface area contributed by atoms with Gasteiger partial charge in [-0.2, -0.15) is 0 Å². The second-order valence-electron chi connectivity index (χ2n) is 4.69. The van der Waals surface area contributed by atoms with Gasteiger partial charge in [-0.25, -0.2) is 9.98 Å². The first-order chi connectivity index (χ1) is 10.7. The van der Waals surface area contributed by atoms with Crippen LogP contribution in [0.15, 0.2) is 82.8 Å². The van der Waals surface area contributed by atoms with Gasteiger partial charge in [0.15, 0.2) is 0 Å². The summed E-state index contributed by atoms with van der Waals surface area (Å²) in [5.74, 6) is 0. The standard InChI is InChI=1S/C18H12I2N2/c19-13-1-5-15(6-2-13)21-17-9-11-18(12-10-17)22-16-7-3-14(20)4-8-16/h1-12H. The molecule has 1 aliphatic rings. The van der Waals surface area contributed by atoms with Crippen molar-refractivity contribution in [2.24, 2.45) is 9.98 Å². The number of halogens is 2. The fourth-order valence-corrected chi connectivity index (χ4v) is 2.65. The molecule has 0 unspecified atom stereocenters. The summed E-state index contributed by atoms with van der Waals surface area (Å²) in [7, 11) is 0. The molecule has 0 N–H and O–H groups in total. The van der Waals surface area contributed by atoms with Crippen LogP contribution in [-0.2, 0) is 0 Å². The molecule has 0 aromatic heterocycles. The molecule has 3 rings (SSSR count). The minimum atomic E-state index is 0.933. The Morgan fingerprint density at radius 3 is 1.14 bits per heavy atom. The van der Waals surface area contributed by atoms with Gasteiger partial charge in [-0.15, -0.1) is 0 Å². The van der Waals surface area contributed by atoms with E-state index in [9.17, 15) is 0 Å². The van der Waals surface area contributed by atoms with E-state index in [4.69, 9.17) is 0 Å². The third-order valence-electron chi connectivity index (χ3n) is 3.02. The van der Waals surface area contributed by atoms with Crippen molar-refractivity contribution in [1.82, 2.24) is 0 Å². The molecule has 0 heterocycles. The molecule has 22 heavy (non-hydrogen) atoms. The van der Waals surface area contributed by atoms with Crippen LogP contribution in [-0.4, -0.2) is 11.4 Å². The number of hydrogen-bond donors (Lipinski definition) is 0. The van der Waals surface area contributed by atoms with Crippen molar-refractivity contribution in [3.05, 3.63) is 80.0 Å². The summed E-state index contributed by atoms with van der Waals surface area (Å²) in [6.45, 7) is 0. The van der Waals surface area contributed by atoms with Gasteiger partial charge in [0.2, 0.25) is 0 Å². The first-order valence-corrected chi connectivity index (χ1v) is 8.89. The molecule has 0 spiro atoms. The van der Waals surface area contributed by atoms with Crippen LogP contribution in [0.3, 0.4) is 0 Å². The Morgan fingerprint density at radius 1 is 0.500 bits per heavy atom. The molecule has 108 valence electrons. The number of benzene rings is 2. The van der Waals surface area contributed by atoms with Gasteiger partial charge in [0.05, 0.1) is 22.8 Å². The number of allylic oxidation sites excluding steroid dienone is 4. The van der Waals surface area contributed by atoms with Gasteiger partial charge in [-0.1, -0.05) is 0 Å². The highest BCUT2D eigenvalue weighted by Crippen LogP contribution is 2.17. The zero-order valence-electron chi connectivity index (χ0n) is 11.6. The summed E-state index contributed by atoms with van der Waals surface area (Å²) in [5.41, 5.74) is 3.79. The minimum absolute atomic E-state index is 0.933. The lowest BCUT2D eigenvalue weighted by atomic mass is 10.1. The van der Waals surface area contributed by atoms with Crippen molar-refractivity contribution in [3.63, 3.8) is 0 Å². The van der Waals surface area contributed by atoms with Crippen molar-refractivity contribution in [3.8, 4) is 0 Å². The van der Waals surface area contributed by atoms with Crippen LogP contribution in [0, 0.1) is 7.14 Å². The summed E-state index contributed by atoms with van der Waals surface area (Å²) < 4.78 is 2.42. The maximum Gasteiger partial charge on any atom is 0.0638 e. The molecular weight excluding hydrogens is 498 g/mol. The molecule has 0 atom stereocenters. The number of aliphatic imine (C=N–C) groups is 2. The second kappa shape index (κ2) is 7.32. The Bertz CT molecular complexity index is 697. The lowest BCUT2D eigenvalue weighted by Crippen LogP contribution is -1.99. The largest absolute Gasteiger partial charge is 0.249 e. The van der Waals surface area contributed by atoms with E-state index in [1.807, 2.05) is 48.6 Å². The summed E-state index contributed by atoms with van der Waals surface area (Å²) in [6.07, 6.45) is 7.96. The van der Waals surface area contributed by atoms with E-state index in [0.717, 1.165) is 22.8 Å². The van der Waals surface area contributed by atoms with Gasteiger partial charge >= 0.3 is 0 Å². The predicted octanol–water partition coefficient (Wildman–Crippen LogP) is 5.87. The molecule has 0 fully saturated rings. The zero-order valence-corrected chi connectivity index (χ0v) is 15.9. The van der Waals surface area contributed by atoms with Crippen LogP contribution in [0.1, 0.15) is 0 Å². The van der Waals surface area contributed by atoms with E-state index in [1.165, 1.54) is 7.14 Å². The topological polar surface area (TPSA) is 24.7 Å². The SMILES string of the molecule is Ic1ccc(N=C2C=CC(=Nc3ccc(I)cc3)C=C2)cc1. The summed E-state index contributed by atoms with van der Waals surface area (Å²) >= 11 is 4.58. The molecule has 2 aromatic carbocycles. The van der Waals surface area contributed by atoms with Gasteiger partial charge in [0.25, 0.3) is 0 Å². The Balaban J connectivity index is 1.76. The van der Waals surface area contributed by atoms with Crippen molar-refractivity contribution in [2.75, 3.05) is 0 Å². The van der Waals surface area contributed by atoms with Gasteiger partial charge in [-0.3, -0.25) is 0 Å². The molecule has 0 bridgehead atoms. The molecular formula is C18H12I2N2.